The Morgan fingerprint density at radius 1 is 1.27 bits per heavy atom. The zero-order chi connectivity index (χ0) is 15.9. The molecule has 0 aliphatic carbocycles. The Labute approximate surface area is 135 Å². The number of piperazine rings is 1. The molecule has 2 rings (SSSR count). The molecule has 1 aromatic carbocycles. The molecule has 1 saturated heterocycles. The van der Waals surface area contributed by atoms with Crippen molar-refractivity contribution in [3.05, 3.63) is 41.5 Å². The van der Waals surface area contributed by atoms with Gasteiger partial charge in [0.15, 0.2) is 0 Å². The molecule has 0 N–H and O–H groups in total. The molecule has 1 fully saturated rings. The van der Waals surface area contributed by atoms with Crippen LogP contribution in [0, 0.1) is 0 Å². The summed E-state index contributed by atoms with van der Waals surface area (Å²) in [4.78, 5) is 9.62. The highest BCUT2D eigenvalue weighted by molar-refractivity contribution is 6.09. The van der Waals surface area contributed by atoms with E-state index in [-0.39, 0.29) is 6.17 Å². The monoisotopic (exact) mass is 299 g/mol. The van der Waals surface area contributed by atoms with Gasteiger partial charge < -0.3 is 4.90 Å². The normalized spacial score (nSPS) is 19.7. The molecule has 1 heterocycles. The van der Waals surface area contributed by atoms with Gasteiger partial charge >= 0.3 is 0 Å². The fraction of sp³-hybridized carbons (Fsp3) is 0.526. The van der Waals surface area contributed by atoms with Crippen LogP contribution in [0.4, 0.5) is 0 Å². The van der Waals surface area contributed by atoms with Crippen LogP contribution in [0.15, 0.2) is 35.3 Å². The average molecular weight is 299 g/mol. The molecule has 3 heteroatoms. The van der Waals surface area contributed by atoms with Crippen LogP contribution >= 0.6 is 0 Å². The Bertz CT molecular complexity index is 525. The Morgan fingerprint density at radius 2 is 2.00 bits per heavy atom. The molecule has 0 amide bonds. The lowest BCUT2D eigenvalue weighted by Gasteiger charge is -2.34. The average Bonchev–Trinajstić information content (AvgIpc) is 2.56. The van der Waals surface area contributed by atoms with E-state index in [0.29, 0.717) is 0 Å². The van der Waals surface area contributed by atoms with Crippen molar-refractivity contribution in [3.63, 3.8) is 0 Å². The van der Waals surface area contributed by atoms with Crippen LogP contribution in [0.25, 0.3) is 5.57 Å². The number of benzene rings is 1. The second-order valence-corrected chi connectivity index (χ2v) is 6.05. The molecular formula is C19H29N3. The minimum absolute atomic E-state index is 0.248. The van der Waals surface area contributed by atoms with Gasteiger partial charge in [0, 0.05) is 32.4 Å². The molecule has 1 aliphatic heterocycles. The van der Waals surface area contributed by atoms with E-state index in [4.69, 9.17) is 4.99 Å². The van der Waals surface area contributed by atoms with Crippen molar-refractivity contribution in [1.82, 2.24) is 9.80 Å². The maximum absolute atomic E-state index is 4.79. The first kappa shape index (κ1) is 16.9. The van der Waals surface area contributed by atoms with Crippen LogP contribution < -0.4 is 0 Å². The van der Waals surface area contributed by atoms with Crippen molar-refractivity contribution < 1.29 is 0 Å². The Hall–Kier alpha value is -1.45. The van der Waals surface area contributed by atoms with Gasteiger partial charge in [-0.05, 0) is 44.0 Å². The van der Waals surface area contributed by atoms with Gasteiger partial charge in [-0.3, -0.25) is 9.89 Å². The molecular weight excluding hydrogens is 270 g/mol. The third kappa shape index (κ3) is 4.52. The zero-order valence-electron chi connectivity index (χ0n) is 14.4. The summed E-state index contributed by atoms with van der Waals surface area (Å²) in [7, 11) is 2.18. The topological polar surface area (TPSA) is 18.8 Å². The molecule has 0 saturated carbocycles. The van der Waals surface area contributed by atoms with E-state index >= 15 is 0 Å². The summed E-state index contributed by atoms with van der Waals surface area (Å²) >= 11 is 0. The van der Waals surface area contributed by atoms with Crippen molar-refractivity contribution in [2.24, 2.45) is 4.99 Å². The van der Waals surface area contributed by atoms with Crippen molar-refractivity contribution in [2.45, 2.75) is 33.4 Å². The second kappa shape index (κ2) is 8.25. The second-order valence-electron chi connectivity index (χ2n) is 6.05. The van der Waals surface area contributed by atoms with E-state index in [9.17, 15) is 0 Å². The lowest BCUT2D eigenvalue weighted by molar-refractivity contribution is 0.122. The van der Waals surface area contributed by atoms with Crippen molar-refractivity contribution in [2.75, 3.05) is 33.2 Å². The molecule has 0 bridgehead atoms. The van der Waals surface area contributed by atoms with Crippen molar-refractivity contribution in [1.29, 1.82) is 0 Å². The number of hydrogen-bond donors (Lipinski definition) is 0. The Balaban J connectivity index is 2.03. The van der Waals surface area contributed by atoms with E-state index in [2.05, 4.69) is 68.0 Å². The highest BCUT2D eigenvalue weighted by Gasteiger charge is 2.17. The molecule has 0 spiro atoms. The van der Waals surface area contributed by atoms with Crippen LogP contribution in [0.5, 0.6) is 0 Å². The summed E-state index contributed by atoms with van der Waals surface area (Å²) in [5, 5.41) is 0. The number of likely N-dealkylation sites (N-methyl/N-ethyl adjacent to an activating group) is 1. The fourth-order valence-corrected chi connectivity index (χ4v) is 2.76. The van der Waals surface area contributed by atoms with Gasteiger partial charge in [0.05, 0.1) is 6.17 Å². The van der Waals surface area contributed by atoms with Gasteiger partial charge in [0.25, 0.3) is 0 Å². The minimum atomic E-state index is 0.248. The first-order valence-corrected chi connectivity index (χ1v) is 8.35. The van der Waals surface area contributed by atoms with Gasteiger partial charge in [-0.15, -0.1) is 0 Å². The Kier molecular flexibility index (Phi) is 6.34. The van der Waals surface area contributed by atoms with Crippen LogP contribution in [0.1, 0.15) is 31.9 Å². The van der Waals surface area contributed by atoms with E-state index in [1.807, 2.05) is 6.21 Å². The summed E-state index contributed by atoms with van der Waals surface area (Å²) in [6.45, 7) is 10.9. The molecule has 22 heavy (non-hydrogen) atoms. The van der Waals surface area contributed by atoms with E-state index in [1.165, 1.54) is 16.7 Å². The van der Waals surface area contributed by atoms with E-state index in [0.717, 1.165) is 32.6 Å². The van der Waals surface area contributed by atoms with Crippen molar-refractivity contribution in [3.8, 4) is 0 Å². The molecule has 1 atom stereocenters. The van der Waals surface area contributed by atoms with Crippen LogP contribution in [-0.4, -0.2) is 55.4 Å². The lowest BCUT2D eigenvalue weighted by Crippen LogP contribution is -2.47. The predicted molar refractivity (Wildman–Crippen MR) is 96.5 cm³/mol. The summed E-state index contributed by atoms with van der Waals surface area (Å²) in [6.07, 6.45) is 5.50. The highest BCUT2D eigenvalue weighted by atomic mass is 15.3. The zero-order valence-corrected chi connectivity index (χ0v) is 14.4. The van der Waals surface area contributed by atoms with Gasteiger partial charge in [0.1, 0.15) is 0 Å². The number of aryl methyl sites for hydroxylation is 1. The van der Waals surface area contributed by atoms with Crippen LogP contribution in [0.3, 0.4) is 0 Å². The van der Waals surface area contributed by atoms with E-state index in [1.54, 1.807) is 0 Å². The van der Waals surface area contributed by atoms with Crippen LogP contribution in [-0.2, 0) is 6.42 Å². The fourth-order valence-electron chi connectivity index (χ4n) is 2.76. The summed E-state index contributed by atoms with van der Waals surface area (Å²) in [5.74, 6) is 0. The predicted octanol–water partition coefficient (Wildman–Crippen LogP) is 3.32. The molecule has 0 aromatic heterocycles. The number of rotatable bonds is 5. The molecule has 1 aliphatic rings. The molecule has 1 unspecified atom stereocenters. The first-order chi connectivity index (χ1) is 10.6. The summed E-state index contributed by atoms with van der Waals surface area (Å²) in [6, 6.07) is 8.75. The number of nitrogens with zero attached hydrogens (tertiary/aromatic N) is 3. The number of aliphatic imine (C=N–C) groups is 1. The molecule has 1 aromatic rings. The van der Waals surface area contributed by atoms with E-state index < -0.39 is 0 Å². The van der Waals surface area contributed by atoms with Gasteiger partial charge in [-0.1, -0.05) is 37.3 Å². The standard InChI is InChI=1S/C19H29N3/c1-5-17-8-7-9-19(14-17)18(6-2)15-20-16(3)22-12-10-21(4)11-13-22/h6-9,14-16H,5,10-13H2,1-4H3/b18-6+,20-15?. The minimum Gasteiger partial charge on any atom is -0.304 e. The van der Waals surface area contributed by atoms with Crippen molar-refractivity contribution >= 4 is 11.8 Å². The lowest BCUT2D eigenvalue weighted by atomic mass is 10.0. The molecule has 120 valence electrons. The smallest absolute Gasteiger partial charge is 0.0991 e. The summed E-state index contributed by atoms with van der Waals surface area (Å²) < 4.78 is 0. The highest BCUT2D eigenvalue weighted by Crippen LogP contribution is 2.16. The molecule has 3 nitrogen and oxygen atoms in total. The van der Waals surface area contributed by atoms with Crippen LogP contribution in [0.2, 0.25) is 0 Å². The number of allylic oxidation sites excluding steroid dienone is 2. The quantitative estimate of drug-likeness (QED) is 0.777. The number of hydrogen-bond acceptors (Lipinski definition) is 3. The maximum Gasteiger partial charge on any atom is 0.0991 e. The third-order valence-electron chi connectivity index (χ3n) is 4.48. The molecule has 0 radical (unpaired) electrons. The summed E-state index contributed by atoms with van der Waals surface area (Å²) in [5.41, 5.74) is 3.84. The third-order valence-corrected chi connectivity index (χ3v) is 4.48. The Morgan fingerprint density at radius 3 is 2.64 bits per heavy atom. The largest absolute Gasteiger partial charge is 0.304 e. The van der Waals surface area contributed by atoms with Gasteiger partial charge in [0.2, 0.25) is 0 Å². The maximum atomic E-state index is 4.79. The first-order valence-electron chi connectivity index (χ1n) is 8.35. The van der Waals surface area contributed by atoms with Gasteiger partial charge in [-0.2, -0.15) is 0 Å². The SMILES string of the molecule is C/C=C(\C=NC(C)N1CCN(C)CC1)c1cccc(CC)c1. The van der Waals surface area contributed by atoms with Gasteiger partial charge in [-0.25, -0.2) is 0 Å².